The van der Waals surface area contributed by atoms with E-state index in [9.17, 15) is 4.39 Å². The number of anilines is 1. The Bertz CT molecular complexity index is 331. The molecule has 0 bridgehead atoms. The Hall–Kier alpha value is -1.34. The molecule has 1 aromatic rings. The molecule has 0 aliphatic carbocycles. The van der Waals surface area contributed by atoms with Crippen LogP contribution in [0.4, 0.5) is 10.2 Å². The van der Waals surface area contributed by atoms with Crippen LogP contribution in [0.1, 0.15) is 5.56 Å². The molecule has 5 heteroatoms. The molecule has 1 heterocycles. The number of aromatic nitrogens is 1. The van der Waals surface area contributed by atoms with Crippen LogP contribution in [0.15, 0.2) is 6.07 Å². The van der Waals surface area contributed by atoms with Crippen molar-refractivity contribution in [2.75, 3.05) is 5.73 Å². The van der Waals surface area contributed by atoms with Crippen molar-refractivity contribution in [2.45, 2.75) is 0 Å². The zero-order valence-electron chi connectivity index (χ0n) is 5.31. The number of hydrogen-bond donors (Lipinski definition) is 1. The molecule has 2 N–H and O–H groups in total. The molecule has 0 radical (unpaired) electrons. The molecule has 0 saturated carbocycles. The number of pyridine rings is 1. The van der Waals surface area contributed by atoms with E-state index >= 15 is 0 Å². The van der Waals surface area contributed by atoms with E-state index in [0.717, 1.165) is 6.07 Å². The average molecular weight is 172 g/mol. The third-order valence-electron chi connectivity index (χ3n) is 1.08. The van der Waals surface area contributed by atoms with Crippen LogP contribution in [0, 0.1) is 17.1 Å². The number of rotatable bonds is 0. The van der Waals surface area contributed by atoms with Crippen molar-refractivity contribution in [3.8, 4) is 6.07 Å². The molecule has 0 amide bonds. The Labute approximate surface area is 67.2 Å². The lowest BCUT2D eigenvalue weighted by Crippen LogP contribution is -1.96. The van der Waals surface area contributed by atoms with E-state index in [4.69, 9.17) is 22.6 Å². The summed E-state index contributed by atoms with van der Waals surface area (Å²) in [6, 6.07) is 2.63. The summed E-state index contributed by atoms with van der Waals surface area (Å²) < 4.78 is 12.5. The summed E-state index contributed by atoms with van der Waals surface area (Å²) in [5, 5.41) is 8.04. The Morgan fingerprint density at radius 1 is 1.73 bits per heavy atom. The second-order valence-electron chi connectivity index (χ2n) is 1.81. The van der Waals surface area contributed by atoms with Crippen molar-refractivity contribution in [3.63, 3.8) is 0 Å². The Morgan fingerprint density at radius 3 is 2.91 bits per heavy atom. The highest BCUT2D eigenvalue weighted by Crippen LogP contribution is 2.16. The van der Waals surface area contributed by atoms with E-state index < -0.39 is 5.82 Å². The minimum Gasteiger partial charge on any atom is -0.383 e. The first-order chi connectivity index (χ1) is 5.15. The molecule has 0 aliphatic rings. The van der Waals surface area contributed by atoms with Gasteiger partial charge in [-0.1, -0.05) is 11.6 Å². The standard InChI is InChI=1S/C6H3ClFN3/c7-5-4(8)1-3(2-9)6(10)11-5/h1H,(H2,10,11). The monoisotopic (exact) mass is 171 g/mol. The first-order valence-electron chi connectivity index (χ1n) is 2.66. The lowest BCUT2D eigenvalue weighted by Gasteiger charge is -1.96. The summed E-state index contributed by atoms with van der Waals surface area (Å²) in [5.74, 6) is -0.795. The first kappa shape index (κ1) is 7.76. The highest BCUT2D eigenvalue weighted by molar-refractivity contribution is 6.29. The lowest BCUT2D eigenvalue weighted by atomic mass is 10.3. The zero-order chi connectivity index (χ0) is 8.43. The summed E-state index contributed by atoms with van der Waals surface area (Å²) in [4.78, 5) is 3.39. The van der Waals surface area contributed by atoms with Crippen molar-refractivity contribution in [1.82, 2.24) is 4.98 Å². The average Bonchev–Trinajstić information content (AvgIpc) is 1.97. The molecule has 0 saturated heterocycles. The summed E-state index contributed by atoms with van der Waals surface area (Å²) in [6.45, 7) is 0. The normalized spacial score (nSPS) is 9.18. The van der Waals surface area contributed by atoms with Crippen molar-refractivity contribution in [1.29, 1.82) is 5.26 Å². The van der Waals surface area contributed by atoms with Gasteiger partial charge in [0, 0.05) is 0 Å². The van der Waals surface area contributed by atoms with E-state index in [1.54, 1.807) is 6.07 Å². The van der Waals surface area contributed by atoms with Crippen LogP contribution >= 0.6 is 11.6 Å². The predicted octanol–water partition coefficient (Wildman–Crippen LogP) is 1.33. The fraction of sp³-hybridized carbons (Fsp3) is 0. The summed E-state index contributed by atoms with van der Waals surface area (Å²) in [7, 11) is 0. The number of nitrogens with zero attached hydrogens (tertiary/aromatic N) is 2. The van der Waals surface area contributed by atoms with Gasteiger partial charge in [0.2, 0.25) is 0 Å². The highest BCUT2D eigenvalue weighted by Gasteiger charge is 2.06. The van der Waals surface area contributed by atoms with Gasteiger partial charge < -0.3 is 5.73 Å². The van der Waals surface area contributed by atoms with Gasteiger partial charge in [-0.25, -0.2) is 9.37 Å². The molecule has 56 valence electrons. The number of nitrogens with two attached hydrogens (primary N) is 1. The third kappa shape index (κ3) is 1.38. The Balaban J connectivity index is 3.35. The maximum absolute atomic E-state index is 12.5. The largest absolute Gasteiger partial charge is 0.383 e. The molecule has 11 heavy (non-hydrogen) atoms. The quantitative estimate of drug-likeness (QED) is 0.599. The fourth-order valence-corrected chi connectivity index (χ4v) is 0.715. The van der Waals surface area contributed by atoms with Gasteiger partial charge in [-0.15, -0.1) is 0 Å². The summed E-state index contributed by atoms with van der Waals surface area (Å²) >= 11 is 5.27. The second-order valence-corrected chi connectivity index (χ2v) is 2.16. The molecule has 0 fully saturated rings. The van der Waals surface area contributed by atoms with Gasteiger partial charge >= 0.3 is 0 Å². The van der Waals surface area contributed by atoms with Crippen LogP contribution in [0.2, 0.25) is 5.15 Å². The number of nitrogen functional groups attached to an aromatic ring is 1. The van der Waals surface area contributed by atoms with Crippen molar-refractivity contribution < 1.29 is 4.39 Å². The van der Waals surface area contributed by atoms with Gasteiger partial charge in [-0.3, -0.25) is 0 Å². The van der Waals surface area contributed by atoms with Crippen LogP contribution in [0.25, 0.3) is 0 Å². The maximum atomic E-state index is 12.5. The Morgan fingerprint density at radius 2 is 2.36 bits per heavy atom. The first-order valence-corrected chi connectivity index (χ1v) is 3.04. The van der Waals surface area contributed by atoms with E-state index in [0.29, 0.717) is 0 Å². The molecule has 0 aromatic carbocycles. The van der Waals surface area contributed by atoms with Crippen LogP contribution in [0.3, 0.4) is 0 Å². The molecule has 3 nitrogen and oxygen atoms in total. The third-order valence-corrected chi connectivity index (χ3v) is 1.35. The van der Waals surface area contributed by atoms with E-state index in [2.05, 4.69) is 4.98 Å². The van der Waals surface area contributed by atoms with Gasteiger partial charge in [-0.05, 0) is 6.07 Å². The Kier molecular flexibility index (Phi) is 1.92. The van der Waals surface area contributed by atoms with E-state index in [-0.39, 0.29) is 16.5 Å². The molecular formula is C6H3ClFN3. The number of halogens is 2. The molecule has 0 unspecified atom stereocenters. The van der Waals surface area contributed by atoms with Crippen LogP contribution in [0.5, 0.6) is 0 Å². The van der Waals surface area contributed by atoms with Crippen molar-refractivity contribution in [2.24, 2.45) is 0 Å². The number of nitriles is 1. The molecule has 1 aromatic heterocycles. The molecule has 0 atom stereocenters. The predicted molar refractivity (Wildman–Crippen MR) is 38.3 cm³/mol. The maximum Gasteiger partial charge on any atom is 0.167 e. The van der Waals surface area contributed by atoms with Gasteiger partial charge in [0.05, 0.1) is 5.56 Å². The smallest absolute Gasteiger partial charge is 0.167 e. The molecule has 0 aliphatic heterocycles. The van der Waals surface area contributed by atoms with Crippen LogP contribution in [-0.4, -0.2) is 4.98 Å². The van der Waals surface area contributed by atoms with Crippen LogP contribution < -0.4 is 5.73 Å². The van der Waals surface area contributed by atoms with Crippen LogP contribution in [-0.2, 0) is 0 Å². The minimum atomic E-state index is -0.739. The topological polar surface area (TPSA) is 62.7 Å². The van der Waals surface area contributed by atoms with Gasteiger partial charge in [0.1, 0.15) is 11.9 Å². The molecule has 0 spiro atoms. The van der Waals surface area contributed by atoms with Crippen molar-refractivity contribution >= 4 is 17.4 Å². The van der Waals surface area contributed by atoms with Gasteiger partial charge in [0.15, 0.2) is 11.0 Å². The van der Waals surface area contributed by atoms with Gasteiger partial charge in [0.25, 0.3) is 0 Å². The van der Waals surface area contributed by atoms with Crippen molar-refractivity contribution in [3.05, 3.63) is 22.6 Å². The fourth-order valence-electron chi connectivity index (χ4n) is 0.569. The van der Waals surface area contributed by atoms with E-state index in [1.165, 1.54) is 0 Å². The zero-order valence-corrected chi connectivity index (χ0v) is 6.06. The van der Waals surface area contributed by atoms with Gasteiger partial charge in [-0.2, -0.15) is 5.26 Å². The summed E-state index contributed by atoms with van der Waals surface area (Å²) in [5.41, 5.74) is 5.21. The SMILES string of the molecule is N#Cc1cc(F)c(Cl)nc1N. The molecular weight excluding hydrogens is 169 g/mol. The summed E-state index contributed by atoms with van der Waals surface area (Å²) in [6.07, 6.45) is 0. The minimum absolute atomic E-state index is 0.00750. The highest BCUT2D eigenvalue weighted by atomic mass is 35.5. The van der Waals surface area contributed by atoms with E-state index in [1.807, 2.05) is 0 Å². The second kappa shape index (κ2) is 2.72. The lowest BCUT2D eigenvalue weighted by molar-refractivity contribution is 0.622. The number of hydrogen-bond acceptors (Lipinski definition) is 3. The molecule has 1 rings (SSSR count).